The van der Waals surface area contributed by atoms with Gasteiger partial charge in [0, 0.05) is 22.0 Å². The van der Waals surface area contributed by atoms with Crippen molar-refractivity contribution in [1.29, 1.82) is 0 Å². The molecule has 2 aromatic heterocycles. The van der Waals surface area contributed by atoms with Gasteiger partial charge in [-0.05, 0) is 30.0 Å². The monoisotopic (exact) mass is 308 g/mol. The Hall–Kier alpha value is -1.95. The van der Waals surface area contributed by atoms with Crippen LogP contribution >= 0.6 is 11.3 Å². The van der Waals surface area contributed by atoms with Gasteiger partial charge in [0.15, 0.2) is 5.82 Å². The van der Waals surface area contributed by atoms with E-state index in [0.717, 1.165) is 29.0 Å². The minimum atomic E-state index is -4.36. The van der Waals surface area contributed by atoms with Crippen molar-refractivity contribution in [2.24, 2.45) is 0 Å². The smallest absolute Gasteiger partial charge is 0.236 e. The van der Waals surface area contributed by atoms with Gasteiger partial charge in [-0.1, -0.05) is 13.0 Å². The van der Waals surface area contributed by atoms with Crippen molar-refractivity contribution in [1.82, 2.24) is 9.97 Å². The number of rotatable bonds is 2. The van der Waals surface area contributed by atoms with E-state index >= 15 is 0 Å². The van der Waals surface area contributed by atoms with Crippen molar-refractivity contribution in [3.8, 4) is 11.4 Å². The van der Waals surface area contributed by atoms with Crippen LogP contribution < -0.4 is 0 Å². The minimum Gasteiger partial charge on any atom is -0.236 e. The number of alkyl halides is 3. The van der Waals surface area contributed by atoms with E-state index in [1.165, 1.54) is 6.07 Å². The first-order valence-corrected chi connectivity index (χ1v) is 7.27. The first-order valence-electron chi connectivity index (χ1n) is 6.40. The van der Waals surface area contributed by atoms with Gasteiger partial charge in [-0.2, -0.15) is 13.2 Å². The summed E-state index contributed by atoms with van der Waals surface area (Å²) in [6, 6.07) is 5.42. The second-order valence-electron chi connectivity index (χ2n) is 4.58. The van der Waals surface area contributed by atoms with E-state index in [1.54, 1.807) is 17.5 Å². The predicted molar refractivity (Wildman–Crippen MR) is 77.2 cm³/mol. The van der Waals surface area contributed by atoms with Crippen molar-refractivity contribution in [2.75, 3.05) is 0 Å². The maximum absolute atomic E-state index is 12.8. The largest absolute Gasteiger partial charge is 0.416 e. The van der Waals surface area contributed by atoms with Gasteiger partial charge in [0.25, 0.3) is 0 Å². The van der Waals surface area contributed by atoms with Crippen molar-refractivity contribution in [3.05, 3.63) is 46.3 Å². The molecule has 0 aliphatic heterocycles. The quantitative estimate of drug-likeness (QED) is 0.670. The highest BCUT2D eigenvalue weighted by molar-refractivity contribution is 7.10. The highest BCUT2D eigenvalue weighted by Crippen LogP contribution is 2.32. The third-order valence-corrected chi connectivity index (χ3v) is 4.28. The Morgan fingerprint density at radius 3 is 2.71 bits per heavy atom. The van der Waals surface area contributed by atoms with Crippen LogP contribution in [0.3, 0.4) is 0 Å². The van der Waals surface area contributed by atoms with E-state index in [1.807, 2.05) is 18.4 Å². The van der Waals surface area contributed by atoms with Crippen LogP contribution in [0.1, 0.15) is 17.4 Å². The number of benzene rings is 1. The molecule has 0 aliphatic carbocycles. The van der Waals surface area contributed by atoms with Crippen LogP contribution in [0, 0.1) is 0 Å². The van der Waals surface area contributed by atoms with Crippen molar-refractivity contribution in [2.45, 2.75) is 19.5 Å². The molecular formula is C15H11F3N2S. The summed E-state index contributed by atoms with van der Waals surface area (Å²) in [7, 11) is 0. The number of halogens is 3. The summed E-state index contributed by atoms with van der Waals surface area (Å²) in [5.41, 5.74) is 0.505. The summed E-state index contributed by atoms with van der Waals surface area (Å²) in [6.45, 7) is 2.03. The van der Waals surface area contributed by atoms with E-state index in [9.17, 15) is 13.2 Å². The summed E-state index contributed by atoms with van der Waals surface area (Å²) in [4.78, 5) is 9.69. The second kappa shape index (κ2) is 5.11. The van der Waals surface area contributed by atoms with Gasteiger partial charge in [0.05, 0.1) is 11.1 Å². The first kappa shape index (κ1) is 14.0. The number of aromatic nitrogens is 2. The van der Waals surface area contributed by atoms with E-state index in [0.29, 0.717) is 16.7 Å². The maximum Gasteiger partial charge on any atom is 0.416 e. The number of aryl methyl sites for hydroxylation is 1. The normalized spacial score (nSPS) is 12.0. The Morgan fingerprint density at radius 1 is 1.19 bits per heavy atom. The highest BCUT2D eigenvalue weighted by atomic mass is 32.1. The zero-order valence-electron chi connectivity index (χ0n) is 11.1. The lowest BCUT2D eigenvalue weighted by Gasteiger charge is -2.08. The predicted octanol–water partition coefficient (Wildman–Crippen LogP) is 4.94. The molecule has 0 aliphatic rings. The van der Waals surface area contributed by atoms with Crippen LogP contribution in [0.5, 0.6) is 0 Å². The summed E-state index contributed by atoms with van der Waals surface area (Å²) in [5.74, 6) is 0.472. The Morgan fingerprint density at radius 2 is 2.00 bits per heavy atom. The number of fused-ring (bicyclic) bond motifs is 1. The molecule has 0 fully saturated rings. The van der Waals surface area contributed by atoms with Gasteiger partial charge in [-0.25, -0.2) is 9.97 Å². The molecule has 21 heavy (non-hydrogen) atoms. The maximum atomic E-state index is 12.8. The fourth-order valence-electron chi connectivity index (χ4n) is 2.14. The third kappa shape index (κ3) is 2.63. The fraction of sp³-hybridized carbons (Fsp3) is 0.200. The molecule has 3 rings (SSSR count). The molecule has 0 atom stereocenters. The average Bonchev–Trinajstić information content (AvgIpc) is 2.93. The van der Waals surface area contributed by atoms with Crippen LogP contribution in [0.25, 0.3) is 22.3 Å². The second-order valence-corrected chi connectivity index (χ2v) is 5.58. The molecule has 0 saturated heterocycles. The van der Waals surface area contributed by atoms with E-state index in [2.05, 4.69) is 9.97 Å². The van der Waals surface area contributed by atoms with Crippen LogP contribution in [-0.4, -0.2) is 9.97 Å². The summed E-state index contributed by atoms with van der Waals surface area (Å²) in [5, 5.41) is 2.54. The zero-order valence-corrected chi connectivity index (χ0v) is 11.9. The van der Waals surface area contributed by atoms with Crippen LogP contribution in [0.2, 0.25) is 0 Å². The lowest BCUT2D eigenvalue weighted by molar-refractivity contribution is -0.137. The standard InChI is InChI=1S/C15H11F3N2S/c1-2-13-11(5-6-21-13)14-19-8-9-3-4-10(15(16,17)18)7-12(9)20-14/h3-8H,2H2,1H3. The third-order valence-electron chi connectivity index (χ3n) is 3.22. The molecule has 2 heterocycles. The molecule has 0 spiro atoms. The molecule has 0 amide bonds. The van der Waals surface area contributed by atoms with Crippen LogP contribution in [-0.2, 0) is 12.6 Å². The molecule has 0 unspecified atom stereocenters. The number of hydrogen-bond acceptors (Lipinski definition) is 3. The molecule has 2 nitrogen and oxygen atoms in total. The van der Waals surface area contributed by atoms with Gasteiger partial charge in [-0.3, -0.25) is 0 Å². The lowest BCUT2D eigenvalue weighted by Crippen LogP contribution is -2.04. The van der Waals surface area contributed by atoms with Crippen LogP contribution in [0.4, 0.5) is 13.2 Å². The molecule has 0 N–H and O–H groups in total. The molecule has 0 radical (unpaired) electrons. The Balaban J connectivity index is 2.14. The van der Waals surface area contributed by atoms with Gasteiger partial charge < -0.3 is 0 Å². The molecule has 108 valence electrons. The number of thiophene rings is 1. The van der Waals surface area contributed by atoms with E-state index in [-0.39, 0.29) is 0 Å². The highest BCUT2D eigenvalue weighted by Gasteiger charge is 2.30. The lowest BCUT2D eigenvalue weighted by atomic mass is 10.1. The molecule has 6 heteroatoms. The molecule has 0 bridgehead atoms. The molecule has 1 aromatic carbocycles. The van der Waals surface area contributed by atoms with Crippen LogP contribution in [0.15, 0.2) is 35.8 Å². The van der Waals surface area contributed by atoms with E-state index < -0.39 is 11.7 Å². The van der Waals surface area contributed by atoms with Gasteiger partial charge in [-0.15, -0.1) is 11.3 Å². The summed E-state index contributed by atoms with van der Waals surface area (Å²) in [6.07, 6.45) is -1.96. The van der Waals surface area contributed by atoms with E-state index in [4.69, 9.17) is 0 Å². The van der Waals surface area contributed by atoms with Gasteiger partial charge in [0.2, 0.25) is 0 Å². The average molecular weight is 308 g/mol. The minimum absolute atomic E-state index is 0.308. The zero-order chi connectivity index (χ0) is 15.0. The molecular weight excluding hydrogens is 297 g/mol. The Labute approximate surface area is 123 Å². The first-order chi connectivity index (χ1) is 9.99. The van der Waals surface area contributed by atoms with Crippen molar-refractivity contribution in [3.63, 3.8) is 0 Å². The summed E-state index contributed by atoms with van der Waals surface area (Å²) < 4.78 is 38.3. The topological polar surface area (TPSA) is 25.8 Å². The summed E-state index contributed by atoms with van der Waals surface area (Å²) >= 11 is 1.60. The van der Waals surface area contributed by atoms with Gasteiger partial charge >= 0.3 is 6.18 Å². The fourth-order valence-corrected chi connectivity index (χ4v) is 2.96. The molecule has 0 saturated carbocycles. The SMILES string of the molecule is CCc1sccc1-c1ncc2ccc(C(F)(F)F)cc2n1. The van der Waals surface area contributed by atoms with Crippen molar-refractivity contribution >= 4 is 22.2 Å². The van der Waals surface area contributed by atoms with Gasteiger partial charge in [0.1, 0.15) is 0 Å². The molecule has 3 aromatic rings. The van der Waals surface area contributed by atoms with Crippen molar-refractivity contribution < 1.29 is 13.2 Å². The Bertz CT molecular complexity index is 793. The number of hydrogen-bond donors (Lipinski definition) is 0. The number of nitrogens with zero attached hydrogens (tertiary/aromatic N) is 2. The Kier molecular flexibility index (Phi) is 3.41.